The van der Waals surface area contributed by atoms with E-state index in [2.05, 4.69) is 11.3 Å². The maximum absolute atomic E-state index is 13.9. The molecule has 220 valence electrons. The van der Waals surface area contributed by atoms with E-state index in [1.54, 1.807) is 0 Å². The summed E-state index contributed by atoms with van der Waals surface area (Å²) in [6.45, 7) is 2.18. The Hall–Kier alpha value is -1.81. The highest BCUT2D eigenvalue weighted by Gasteiger charge is 2.92. The Morgan fingerprint density at radius 2 is 1.03 bits per heavy atom. The smallest absolute Gasteiger partial charge is 0.384 e. The third-order valence-corrected chi connectivity index (χ3v) is 5.19. The highest BCUT2D eigenvalue weighted by molar-refractivity contribution is 5.87. The second-order valence-electron chi connectivity index (χ2n) is 8.09. The van der Waals surface area contributed by atoms with Gasteiger partial charge < -0.3 is 9.84 Å². The lowest BCUT2D eigenvalue weighted by Crippen LogP contribution is -2.73. The number of carbonyl (C=O) groups excluding carboxylic acids is 1. The molecule has 0 amide bonds. The molecule has 0 aliphatic rings. The number of rotatable bonds is 17. The van der Waals surface area contributed by atoms with Gasteiger partial charge in [-0.2, -0.15) is 61.5 Å². The lowest BCUT2D eigenvalue weighted by molar-refractivity contribution is -0.442. The van der Waals surface area contributed by atoms with Crippen LogP contribution in [0.25, 0.3) is 0 Å². The first kappa shape index (κ1) is 35.2. The van der Waals surface area contributed by atoms with E-state index < -0.39 is 91.9 Å². The van der Waals surface area contributed by atoms with E-state index in [9.17, 15) is 66.3 Å². The predicted molar refractivity (Wildman–Crippen MR) is 99.8 cm³/mol. The van der Waals surface area contributed by atoms with Crippen LogP contribution in [0, 0.1) is 0 Å². The third kappa shape index (κ3) is 6.61. The van der Waals surface area contributed by atoms with Gasteiger partial charge in [-0.3, -0.25) is 0 Å². The molecule has 0 fully saturated rings. The minimum Gasteiger partial charge on any atom is -0.462 e. The van der Waals surface area contributed by atoms with Crippen molar-refractivity contribution in [2.24, 2.45) is 0 Å². The lowest BCUT2D eigenvalue weighted by Gasteiger charge is -2.42. The fraction of sp³-hybridized carbons (Fsp3) is 0.850. The SMILES string of the molecule is C=C(CO)C(=O)OCCCC(F)(F)C(F)(F)C(F)(F)C(F)(F)C(F)(F)C(F)(F)C(F)(F)CCCCCC. The summed E-state index contributed by atoms with van der Waals surface area (Å²) in [7, 11) is 0. The monoisotopic (exact) mass is 578 g/mol. The van der Waals surface area contributed by atoms with Crippen molar-refractivity contribution in [3.8, 4) is 0 Å². The van der Waals surface area contributed by atoms with Gasteiger partial charge in [-0.1, -0.05) is 32.8 Å². The molecule has 3 nitrogen and oxygen atoms in total. The van der Waals surface area contributed by atoms with Crippen molar-refractivity contribution >= 4 is 5.97 Å². The molecule has 0 aromatic carbocycles. The van der Waals surface area contributed by atoms with Gasteiger partial charge in [0.25, 0.3) is 0 Å². The van der Waals surface area contributed by atoms with E-state index in [-0.39, 0.29) is 12.8 Å². The molecule has 0 spiro atoms. The number of unbranched alkanes of at least 4 members (excludes halogenated alkanes) is 3. The molecule has 37 heavy (non-hydrogen) atoms. The van der Waals surface area contributed by atoms with E-state index in [0.29, 0.717) is 6.42 Å². The van der Waals surface area contributed by atoms with Gasteiger partial charge in [-0.15, -0.1) is 0 Å². The molecule has 1 N–H and O–H groups in total. The fourth-order valence-corrected chi connectivity index (χ4v) is 2.76. The Balaban J connectivity index is 5.94. The van der Waals surface area contributed by atoms with Gasteiger partial charge in [-0.05, 0) is 12.8 Å². The topological polar surface area (TPSA) is 46.5 Å². The summed E-state index contributed by atoms with van der Waals surface area (Å²) in [6.07, 6.45) is -7.02. The molecular weight excluding hydrogens is 554 g/mol. The Morgan fingerprint density at radius 1 is 0.649 bits per heavy atom. The third-order valence-electron chi connectivity index (χ3n) is 5.19. The molecular formula is C20H24F14O3. The van der Waals surface area contributed by atoms with Crippen LogP contribution in [0.1, 0.15) is 51.9 Å². The molecule has 0 atom stereocenters. The average molecular weight is 578 g/mol. The van der Waals surface area contributed by atoms with Crippen LogP contribution in [0.3, 0.4) is 0 Å². The largest absolute Gasteiger partial charge is 0.462 e. The maximum atomic E-state index is 13.9. The van der Waals surface area contributed by atoms with Gasteiger partial charge in [0.05, 0.1) is 18.8 Å². The molecule has 0 bridgehead atoms. The summed E-state index contributed by atoms with van der Waals surface area (Å²) in [4.78, 5) is 11.1. The number of aliphatic hydroxyl groups excluding tert-OH is 1. The summed E-state index contributed by atoms with van der Waals surface area (Å²) in [5.74, 6) is -52.7. The molecule has 0 heterocycles. The predicted octanol–water partition coefficient (Wildman–Crippen LogP) is 7.28. The molecule has 0 aliphatic carbocycles. The van der Waals surface area contributed by atoms with E-state index in [1.165, 1.54) is 6.92 Å². The van der Waals surface area contributed by atoms with Gasteiger partial charge >= 0.3 is 47.4 Å². The van der Waals surface area contributed by atoms with Crippen molar-refractivity contribution in [2.45, 2.75) is 93.3 Å². The van der Waals surface area contributed by atoms with Gasteiger partial charge in [-0.25, -0.2) is 4.79 Å². The standard InChI is InChI=1S/C20H24F14O3/c1-3-4-5-6-8-14(21,22)16(25,26)18(29,30)20(33,34)19(31,32)17(27,28)15(23,24)9-7-10-37-13(36)12(2)11-35/h35H,2-11H2,1H3. The lowest BCUT2D eigenvalue weighted by atomic mass is 9.87. The van der Waals surface area contributed by atoms with E-state index in [1.807, 2.05) is 0 Å². The maximum Gasteiger partial charge on any atom is 0.384 e. The number of alkyl halides is 14. The van der Waals surface area contributed by atoms with Gasteiger partial charge in [0.15, 0.2) is 0 Å². The molecule has 17 heteroatoms. The van der Waals surface area contributed by atoms with Crippen LogP contribution in [0.2, 0.25) is 0 Å². The normalized spacial score (nSPS) is 14.6. The first-order valence-electron chi connectivity index (χ1n) is 10.5. The zero-order valence-electron chi connectivity index (χ0n) is 19.1. The molecule has 0 unspecified atom stereocenters. The number of esters is 1. The highest BCUT2D eigenvalue weighted by Crippen LogP contribution is 2.63. The molecule has 0 aromatic rings. The van der Waals surface area contributed by atoms with Crippen molar-refractivity contribution in [1.82, 2.24) is 0 Å². The number of hydrogen-bond donors (Lipinski definition) is 1. The summed E-state index contributed by atoms with van der Waals surface area (Å²) in [5.41, 5.74) is -0.659. The minimum atomic E-state index is -8.10. The van der Waals surface area contributed by atoms with Crippen molar-refractivity contribution in [1.29, 1.82) is 0 Å². The van der Waals surface area contributed by atoms with Gasteiger partial charge in [0.1, 0.15) is 0 Å². The summed E-state index contributed by atoms with van der Waals surface area (Å²) >= 11 is 0. The van der Waals surface area contributed by atoms with E-state index in [0.717, 1.165) is 0 Å². The van der Waals surface area contributed by atoms with Crippen molar-refractivity contribution in [2.75, 3.05) is 13.2 Å². The van der Waals surface area contributed by atoms with Crippen LogP contribution in [0.5, 0.6) is 0 Å². The highest BCUT2D eigenvalue weighted by atomic mass is 19.4. The summed E-state index contributed by atoms with van der Waals surface area (Å²) in [5, 5.41) is 8.57. The van der Waals surface area contributed by atoms with Crippen LogP contribution >= 0.6 is 0 Å². The Labute approximate surface area is 201 Å². The molecule has 0 rings (SSSR count). The number of ether oxygens (including phenoxy) is 1. The number of hydrogen-bond acceptors (Lipinski definition) is 3. The molecule has 0 saturated carbocycles. The number of carbonyl (C=O) groups is 1. The van der Waals surface area contributed by atoms with Crippen LogP contribution < -0.4 is 0 Å². The first-order chi connectivity index (χ1) is 16.4. The quantitative estimate of drug-likeness (QED) is 0.0855. The summed E-state index contributed by atoms with van der Waals surface area (Å²) in [6, 6.07) is 0. The van der Waals surface area contributed by atoms with Gasteiger partial charge in [0, 0.05) is 12.8 Å². The molecule has 0 saturated heterocycles. The average Bonchev–Trinajstić information content (AvgIpc) is 2.77. The number of aliphatic hydroxyl groups is 1. The zero-order valence-corrected chi connectivity index (χ0v) is 19.1. The fourth-order valence-electron chi connectivity index (χ4n) is 2.76. The summed E-state index contributed by atoms with van der Waals surface area (Å²) < 4.78 is 198. The molecule has 0 aromatic heterocycles. The van der Waals surface area contributed by atoms with Crippen molar-refractivity contribution in [3.05, 3.63) is 12.2 Å². The zero-order chi connectivity index (χ0) is 29.7. The van der Waals surface area contributed by atoms with Crippen LogP contribution in [-0.4, -0.2) is 65.7 Å². The first-order valence-corrected chi connectivity index (χ1v) is 10.5. The van der Waals surface area contributed by atoms with Crippen LogP contribution in [0.4, 0.5) is 61.5 Å². The van der Waals surface area contributed by atoms with Crippen molar-refractivity contribution < 1.29 is 76.1 Å². The van der Waals surface area contributed by atoms with E-state index in [4.69, 9.17) is 5.11 Å². The number of halogens is 14. The molecule has 0 radical (unpaired) electrons. The van der Waals surface area contributed by atoms with E-state index >= 15 is 0 Å². The molecule has 0 aliphatic heterocycles. The second kappa shape index (κ2) is 11.9. The minimum absolute atomic E-state index is 0.114. The second-order valence-corrected chi connectivity index (χ2v) is 8.09. The Morgan fingerprint density at radius 3 is 1.41 bits per heavy atom. The van der Waals surface area contributed by atoms with Crippen LogP contribution in [0.15, 0.2) is 12.2 Å². The van der Waals surface area contributed by atoms with Crippen molar-refractivity contribution in [3.63, 3.8) is 0 Å². The van der Waals surface area contributed by atoms with Gasteiger partial charge in [0.2, 0.25) is 0 Å². The Bertz CT molecular complexity index is 780. The Kier molecular flexibility index (Phi) is 11.3. The van der Waals surface area contributed by atoms with Crippen LogP contribution in [-0.2, 0) is 9.53 Å².